The summed E-state index contributed by atoms with van der Waals surface area (Å²) < 4.78 is 4.85. The van der Waals surface area contributed by atoms with E-state index >= 15 is 0 Å². The van der Waals surface area contributed by atoms with Gasteiger partial charge in [-0.3, -0.25) is 0 Å². The average molecular weight is 374 g/mol. The quantitative estimate of drug-likeness (QED) is 0.238. The van der Waals surface area contributed by atoms with Crippen molar-refractivity contribution in [2.24, 2.45) is 0 Å². The SMILES string of the molecule is Cc1ccc(C(=O)O)c(COOCOC(=O)c2cc(C)ccc2C(=O)O)c1. The van der Waals surface area contributed by atoms with Gasteiger partial charge in [-0.1, -0.05) is 29.3 Å². The van der Waals surface area contributed by atoms with Crippen LogP contribution in [0.2, 0.25) is 0 Å². The predicted molar refractivity (Wildman–Crippen MR) is 92.4 cm³/mol. The fraction of sp³-hybridized carbons (Fsp3) is 0.211. The van der Waals surface area contributed by atoms with Gasteiger partial charge in [0.25, 0.3) is 0 Å². The molecule has 2 aromatic carbocycles. The van der Waals surface area contributed by atoms with E-state index in [-0.39, 0.29) is 23.3 Å². The van der Waals surface area contributed by atoms with Gasteiger partial charge in [0.15, 0.2) is 0 Å². The van der Waals surface area contributed by atoms with Gasteiger partial charge in [0.2, 0.25) is 6.79 Å². The molecule has 8 nitrogen and oxygen atoms in total. The summed E-state index contributed by atoms with van der Waals surface area (Å²) in [6.45, 7) is 2.77. The lowest BCUT2D eigenvalue weighted by Gasteiger charge is -2.10. The van der Waals surface area contributed by atoms with Crippen molar-refractivity contribution >= 4 is 17.9 Å². The number of aromatic carboxylic acids is 2. The molecule has 8 heteroatoms. The molecule has 2 N–H and O–H groups in total. The highest BCUT2D eigenvalue weighted by atomic mass is 17.2. The van der Waals surface area contributed by atoms with Crippen molar-refractivity contribution in [1.82, 2.24) is 0 Å². The van der Waals surface area contributed by atoms with Crippen molar-refractivity contribution in [3.8, 4) is 0 Å². The third kappa shape index (κ3) is 5.37. The van der Waals surface area contributed by atoms with E-state index < -0.39 is 24.7 Å². The van der Waals surface area contributed by atoms with E-state index in [9.17, 15) is 14.4 Å². The number of carboxylic acid groups (broad SMARTS) is 2. The fourth-order valence-corrected chi connectivity index (χ4v) is 2.36. The molecule has 0 atom stereocenters. The van der Waals surface area contributed by atoms with Crippen molar-refractivity contribution in [1.29, 1.82) is 0 Å². The van der Waals surface area contributed by atoms with E-state index in [4.69, 9.17) is 24.7 Å². The molecule has 0 fully saturated rings. The monoisotopic (exact) mass is 374 g/mol. The lowest BCUT2D eigenvalue weighted by Crippen LogP contribution is -2.14. The lowest BCUT2D eigenvalue weighted by molar-refractivity contribution is -0.335. The van der Waals surface area contributed by atoms with Gasteiger partial charge < -0.3 is 14.9 Å². The number of carbonyl (C=O) groups excluding carboxylic acids is 1. The van der Waals surface area contributed by atoms with Crippen molar-refractivity contribution in [2.45, 2.75) is 20.5 Å². The number of esters is 1. The molecular weight excluding hydrogens is 356 g/mol. The molecule has 0 aliphatic carbocycles. The van der Waals surface area contributed by atoms with Gasteiger partial charge in [-0.2, -0.15) is 4.89 Å². The van der Waals surface area contributed by atoms with Gasteiger partial charge in [0.05, 0.1) is 16.7 Å². The highest BCUT2D eigenvalue weighted by molar-refractivity contribution is 6.02. The maximum absolute atomic E-state index is 12.0. The molecule has 0 aliphatic heterocycles. The maximum atomic E-state index is 12.0. The lowest BCUT2D eigenvalue weighted by atomic mass is 10.0. The van der Waals surface area contributed by atoms with Gasteiger partial charge >= 0.3 is 17.9 Å². The Morgan fingerprint density at radius 3 is 2.04 bits per heavy atom. The van der Waals surface area contributed by atoms with Crippen molar-refractivity contribution < 1.29 is 39.1 Å². The Kier molecular flexibility index (Phi) is 6.64. The highest BCUT2D eigenvalue weighted by Gasteiger charge is 2.18. The van der Waals surface area contributed by atoms with E-state index in [1.54, 1.807) is 32.0 Å². The molecule has 0 bridgehead atoms. The van der Waals surface area contributed by atoms with Crippen LogP contribution >= 0.6 is 0 Å². The number of carboxylic acids is 2. The molecule has 0 aliphatic rings. The summed E-state index contributed by atoms with van der Waals surface area (Å²) in [7, 11) is 0. The number of hydrogen-bond donors (Lipinski definition) is 2. The zero-order valence-electron chi connectivity index (χ0n) is 14.7. The summed E-state index contributed by atoms with van der Waals surface area (Å²) in [6.07, 6.45) is 0. The second kappa shape index (κ2) is 8.93. The van der Waals surface area contributed by atoms with Crippen molar-refractivity contribution in [2.75, 3.05) is 6.79 Å². The predicted octanol–water partition coefficient (Wildman–Crippen LogP) is 2.96. The molecule has 2 rings (SSSR count). The van der Waals surface area contributed by atoms with Crippen LogP contribution in [0.25, 0.3) is 0 Å². The van der Waals surface area contributed by atoms with Crippen LogP contribution in [-0.2, 0) is 21.1 Å². The Morgan fingerprint density at radius 1 is 0.815 bits per heavy atom. The normalized spacial score (nSPS) is 10.4. The van der Waals surface area contributed by atoms with Crippen LogP contribution in [-0.4, -0.2) is 34.9 Å². The molecule has 27 heavy (non-hydrogen) atoms. The first-order valence-corrected chi connectivity index (χ1v) is 7.88. The Balaban J connectivity index is 1.90. The van der Waals surface area contributed by atoms with E-state index in [0.29, 0.717) is 11.1 Å². The first-order chi connectivity index (χ1) is 12.8. The van der Waals surface area contributed by atoms with Crippen LogP contribution in [0.15, 0.2) is 36.4 Å². The summed E-state index contributed by atoms with van der Waals surface area (Å²) in [5, 5.41) is 18.3. The summed E-state index contributed by atoms with van der Waals surface area (Å²) in [6, 6.07) is 9.06. The summed E-state index contributed by atoms with van der Waals surface area (Å²) >= 11 is 0. The molecule has 0 radical (unpaired) electrons. The molecule has 0 spiro atoms. The molecule has 0 unspecified atom stereocenters. The summed E-state index contributed by atoms with van der Waals surface area (Å²) in [5.41, 5.74) is 1.75. The Labute approximate surface area is 154 Å². The summed E-state index contributed by atoms with van der Waals surface area (Å²) in [4.78, 5) is 44.0. The van der Waals surface area contributed by atoms with Crippen LogP contribution in [0.4, 0.5) is 0 Å². The number of ether oxygens (including phenoxy) is 1. The third-order valence-corrected chi connectivity index (χ3v) is 3.65. The molecule has 0 amide bonds. The van der Waals surface area contributed by atoms with Crippen molar-refractivity contribution in [3.05, 3.63) is 69.8 Å². The average Bonchev–Trinajstić information content (AvgIpc) is 2.60. The molecule has 142 valence electrons. The van der Waals surface area contributed by atoms with E-state index in [1.165, 1.54) is 18.2 Å². The second-order valence-corrected chi connectivity index (χ2v) is 5.75. The Morgan fingerprint density at radius 2 is 1.41 bits per heavy atom. The minimum atomic E-state index is -1.25. The number of aryl methyl sites for hydroxylation is 2. The number of hydrogen-bond acceptors (Lipinski definition) is 6. The Hall–Kier alpha value is -3.23. The molecular formula is C19H18O8. The van der Waals surface area contributed by atoms with Gasteiger partial charge in [-0.15, -0.1) is 0 Å². The van der Waals surface area contributed by atoms with Gasteiger partial charge in [-0.25, -0.2) is 19.3 Å². The molecule has 2 aromatic rings. The third-order valence-electron chi connectivity index (χ3n) is 3.65. The van der Waals surface area contributed by atoms with Crippen LogP contribution in [0.1, 0.15) is 47.8 Å². The molecule has 0 saturated heterocycles. The van der Waals surface area contributed by atoms with Gasteiger partial charge in [0, 0.05) is 0 Å². The van der Waals surface area contributed by atoms with Crippen LogP contribution in [0.5, 0.6) is 0 Å². The smallest absolute Gasteiger partial charge is 0.341 e. The standard InChI is InChI=1S/C19H18O8/c1-11-3-5-14(17(20)21)13(7-11)9-26-27-10-25-19(24)16-8-12(2)4-6-15(16)18(22)23/h3-8H,9-10H2,1-2H3,(H,20,21)(H,22,23). The zero-order chi connectivity index (χ0) is 20.0. The van der Waals surface area contributed by atoms with E-state index in [0.717, 1.165) is 5.56 Å². The van der Waals surface area contributed by atoms with E-state index in [2.05, 4.69) is 0 Å². The molecule has 0 heterocycles. The summed E-state index contributed by atoms with van der Waals surface area (Å²) in [5.74, 6) is -3.22. The minimum absolute atomic E-state index is 0.0760. The van der Waals surface area contributed by atoms with Crippen LogP contribution in [0.3, 0.4) is 0 Å². The first-order valence-electron chi connectivity index (χ1n) is 7.88. The molecule has 0 saturated carbocycles. The fourth-order valence-electron chi connectivity index (χ4n) is 2.36. The zero-order valence-corrected chi connectivity index (χ0v) is 14.7. The largest absolute Gasteiger partial charge is 0.478 e. The Bertz CT molecular complexity index is 872. The molecule has 0 aromatic heterocycles. The number of rotatable bonds is 8. The van der Waals surface area contributed by atoms with Gasteiger partial charge in [0.1, 0.15) is 6.61 Å². The van der Waals surface area contributed by atoms with Crippen molar-refractivity contribution in [3.63, 3.8) is 0 Å². The van der Waals surface area contributed by atoms with E-state index in [1.807, 2.05) is 0 Å². The maximum Gasteiger partial charge on any atom is 0.341 e. The highest BCUT2D eigenvalue weighted by Crippen LogP contribution is 2.15. The van der Waals surface area contributed by atoms with Gasteiger partial charge in [-0.05, 0) is 37.6 Å². The van der Waals surface area contributed by atoms with Crippen LogP contribution in [0, 0.1) is 13.8 Å². The van der Waals surface area contributed by atoms with Crippen LogP contribution < -0.4 is 0 Å². The second-order valence-electron chi connectivity index (χ2n) is 5.75. The topological polar surface area (TPSA) is 119 Å². The number of benzene rings is 2. The first kappa shape index (κ1) is 20.1. The number of carbonyl (C=O) groups is 3. The minimum Gasteiger partial charge on any atom is -0.478 e.